The normalized spacial score (nSPS) is 14.6. The minimum atomic E-state index is 0.639. The average molecular weight is 359 g/mol. The van der Waals surface area contributed by atoms with Crippen molar-refractivity contribution in [3.8, 4) is 16.9 Å². The van der Waals surface area contributed by atoms with Crippen molar-refractivity contribution >= 4 is 28.8 Å². The zero-order valence-corrected chi connectivity index (χ0v) is 15.6. The van der Waals surface area contributed by atoms with E-state index in [0.717, 1.165) is 35.3 Å². The van der Waals surface area contributed by atoms with Gasteiger partial charge in [-0.25, -0.2) is 0 Å². The molecule has 0 atom stereocenters. The molecule has 0 amide bonds. The van der Waals surface area contributed by atoms with Crippen LogP contribution in [0.25, 0.3) is 16.7 Å². The van der Waals surface area contributed by atoms with E-state index in [0.29, 0.717) is 10.1 Å². The molecule has 0 unspecified atom stereocenters. The van der Waals surface area contributed by atoms with Crippen LogP contribution in [0.15, 0.2) is 52.5 Å². The van der Waals surface area contributed by atoms with Crippen LogP contribution in [0.3, 0.4) is 0 Å². The summed E-state index contributed by atoms with van der Waals surface area (Å²) in [6.45, 7) is 4.23. The number of rotatable bonds is 3. The molecule has 0 saturated carbocycles. The van der Waals surface area contributed by atoms with Crippen LogP contribution < -0.4 is 4.74 Å². The van der Waals surface area contributed by atoms with E-state index in [1.165, 1.54) is 16.7 Å². The maximum absolute atomic E-state index is 6.51. The molecule has 124 valence electrons. The molecule has 1 aliphatic rings. The fourth-order valence-corrected chi connectivity index (χ4v) is 3.72. The molecule has 0 bridgehead atoms. The minimum absolute atomic E-state index is 0.639. The Morgan fingerprint density at radius 3 is 2.29 bits per heavy atom. The number of halogens is 2. The van der Waals surface area contributed by atoms with E-state index in [1.807, 2.05) is 12.1 Å². The lowest BCUT2D eigenvalue weighted by molar-refractivity contribution is 0.415. The monoisotopic (exact) mass is 358 g/mol. The van der Waals surface area contributed by atoms with Crippen molar-refractivity contribution in [3.63, 3.8) is 0 Å². The van der Waals surface area contributed by atoms with Crippen molar-refractivity contribution in [1.82, 2.24) is 0 Å². The summed E-state index contributed by atoms with van der Waals surface area (Å²) in [6, 6.07) is 12.7. The van der Waals surface area contributed by atoms with Gasteiger partial charge in [-0.1, -0.05) is 64.7 Å². The van der Waals surface area contributed by atoms with Gasteiger partial charge >= 0.3 is 0 Å². The smallest absolute Gasteiger partial charge is 0.119 e. The van der Waals surface area contributed by atoms with Gasteiger partial charge < -0.3 is 4.74 Å². The van der Waals surface area contributed by atoms with Crippen molar-refractivity contribution in [2.45, 2.75) is 26.7 Å². The van der Waals surface area contributed by atoms with Crippen LogP contribution in [0.5, 0.6) is 5.75 Å². The molecular weight excluding hydrogens is 339 g/mol. The number of hydrogen-bond acceptors (Lipinski definition) is 1. The second-order valence-corrected chi connectivity index (χ2v) is 6.96. The van der Waals surface area contributed by atoms with Crippen molar-refractivity contribution in [2.75, 3.05) is 7.11 Å². The van der Waals surface area contributed by atoms with Crippen LogP contribution in [-0.2, 0) is 0 Å². The number of methoxy groups -OCH3 is 1. The van der Waals surface area contributed by atoms with Gasteiger partial charge in [0.1, 0.15) is 5.75 Å². The Morgan fingerprint density at radius 2 is 1.62 bits per heavy atom. The Morgan fingerprint density at radius 1 is 0.917 bits per heavy atom. The first-order chi connectivity index (χ1) is 11.5. The van der Waals surface area contributed by atoms with Crippen molar-refractivity contribution in [2.24, 2.45) is 0 Å². The van der Waals surface area contributed by atoms with E-state index in [4.69, 9.17) is 27.9 Å². The quantitative estimate of drug-likeness (QED) is 0.583. The number of allylic oxidation sites excluding steroid dienone is 4. The van der Waals surface area contributed by atoms with Gasteiger partial charge in [0.25, 0.3) is 0 Å². The summed E-state index contributed by atoms with van der Waals surface area (Å²) in [7, 11) is 1.69. The summed E-state index contributed by atoms with van der Waals surface area (Å²) >= 11 is 12.8. The first-order valence-corrected chi connectivity index (χ1v) is 8.77. The Bertz CT molecular complexity index is 827. The van der Waals surface area contributed by atoms with Crippen LogP contribution >= 0.6 is 23.2 Å². The predicted molar refractivity (Wildman–Crippen MR) is 104 cm³/mol. The highest BCUT2D eigenvalue weighted by molar-refractivity contribution is 6.46. The average Bonchev–Trinajstić information content (AvgIpc) is 2.56. The fraction of sp³-hybridized carbons (Fsp3) is 0.238. The maximum Gasteiger partial charge on any atom is 0.119 e. The highest BCUT2D eigenvalue weighted by Crippen LogP contribution is 2.41. The van der Waals surface area contributed by atoms with Gasteiger partial charge in [-0.3, -0.25) is 0 Å². The molecule has 2 aromatic carbocycles. The molecule has 0 saturated heterocycles. The SMILES string of the molecule is COc1ccc(C2=C(Cl)C(Cl)=CCC2)c(-c2cc(C)cc(C)c2)c1. The molecule has 3 heteroatoms. The summed E-state index contributed by atoms with van der Waals surface area (Å²) in [5.41, 5.74) is 6.99. The second kappa shape index (κ2) is 7.04. The van der Waals surface area contributed by atoms with Crippen LogP contribution in [0.4, 0.5) is 0 Å². The molecule has 0 N–H and O–H groups in total. The molecule has 0 aliphatic heterocycles. The van der Waals surface area contributed by atoms with E-state index in [-0.39, 0.29) is 0 Å². The van der Waals surface area contributed by atoms with Crippen molar-refractivity contribution in [3.05, 3.63) is 69.2 Å². The molecule has 0 heterocycles. The second-order valence-electron chi connectivity index (χ2n) is 6.17. The summed E-state index contributed by atoms with van der Waals surface area (Å²) in [6.07, 6.45) is 3.77. The Balaban J connectivity index is 2.24. The van der Waals surface area contributed by atoms with Gasteiger partial charge in [-0.15, -0.1) is 0 Å². The molecule has 0 fully saturated rings. The number of aryl methyl sites for hydroxylation is 2. The van der Waals surface area contributed by atoms with E-state index in [1.54, 1.807) is 7.11 Å². The zero-order chi connectivity index (χ0) is 17.3. The molecular formula is C21H20Cl2O. The zero-order valence-electron chi connectivity index (χ0n) is 14.1. The molecule has 0 radical (unpaired) electrons. The maximum atomic E-state index is 6.51. The molecule has 1 nitrogen and oxygen atoms in total. The summed E-state index contributed by atoms with van der Waals surface area (Å²) in [4.78, 5) is 0. The van der Waals surface area contributed by atoms with Crippen LogP contribution in [0, 0.1) is 13.8 Å². The molecule has 2 aromatic rings. The van der Waals surface area contributed by atoms with Crippen molar-refractivity contribution < 1.29 is 4.74 Å². The van der Waals surface area contributed by atoms with Gasteiger partial charge in [0.15, 0.2) is 0 Å². The standard InChI is InChI=1S/C21H20Cl2O/c1-13-9-14(2)11-15(10-13)19-12-16(24-3)7-8-17(19)18-5-4-6-20(22)21(18)23/h6-12H,4-5H2,1-3H3. The highest BCUT2D eigenvalue weighted by Gasteiger charge is 2.18. The van der Waals surface area contributed by atoms with Gasteiger partial charge in [-0.2, -0.15) is 0 Å². The minimum Gasteiger partial charge on any atom is -0.497 e. The highest BCUT2D eigenvalue weighted by atomic mass is 35.5. The van der Waals surface area contributed by atoms with Gasteiger partial charge in [-0.05, 0) is 61.1 Å². The largest absolute Gasteiger partial charge is 0.497 e. The van der Waals surface area contributed by atoms with E-state index in [2.05, 4.69) is 44.2 Å². The number of ether oxygens (including phenoxy) is 1. The Labute approximate surface area is 153 Å². The molecule has 0 aromatic heterocycles. The molecule has 1 aliphatic carbocycles. The Kier molecular flexibility index (Phi) is 5.03. The first kappa shape index (κ1) is 17.1. The number of benzene rings is 2. The summed E-state index contributed by atoms with van der Waals surface area (Å²) < 4.78 is 5.44. The van der Waals surface area contributed by atoms with Crippen LogP contribution in [0.2, 0.25) is 0 Å². The lowest BCUT2D eigenvalue weighted by Gasteiger charge is -2.19. The third-order valence-electron chi connectivity index (χ3n) is 4.28. The van der Waals surface area contributed by atoms with E-state index in [9.17, 15) is 0 Å². The van der Waals surface area contributed by atoms with E-state index >= 15 is 0 Å². The third-order valence-corrected chi connectivity index (χ3v) is 5.15. The Hall–Kier alpha value is -1.70. The fourth-order valence-electron chi connectivity index (χ4n) is 3.22. The van der Waals surface area contributed by atoms with Gasteiger partial charge in [0, 0.05) is 0 Å². The lowest BCUT2D eigenvalue weighted by atomic mass is 9.89. The molecule has 24 heavy (non-hydrogen) atoms. The first-order valence-electron chi connectivity index (χ1n) is 8.01. The van der Waals surface area contributed by atoms with E-state index < -0.39 is 0 Å². The van der Waals surface area contributed by atoms with Crippen molar-refractivity contribution in [1.29, 1.82) is 0 Å². The van der Waals surface area contributed by atoms with Crippen LogP contribution in [-0.4, -0.2) is 7.11 Å². The predicted octanol–water partition coefficient (Wildman–Crippen LogP) is 6.85. The number of hydrogen-bond donors (Lipinski definition) is 0. The van der Waals surface area contributed by atoms with Gasteiger partial charge in [0.05, 0.1) is 17.2 Å². The van der Waals surface area contributed by atoms with Gasteiger partial charge in [0.2, 0.25) is 0 Å². The topological polar surface area (TPSA) is 9.23 Å². The third kappa shape index (κ3) is 3.38. The van der Waals surface area contributed by atoms with Crippen LogP contribution in [0.1, 0.15) is 29.5 Å². The molecule has 3 rings (SSSR count). The summed E-state index contributed by atoms with van der Waals surface area (Å²) in [5.74, 6) is 0.835. The lowest BCUT2D eigenvalue weighted by Crippen LogP contribution is -1.98. The summed E-state index contributed by atoms with van der Waals surface area (Å²) in [5, 5.41) is 1.29. The molecule has 0 spiro atoms.